The van der Waals surface area contributed by atoms with Crippen LogP contribution in [0.4, 0.5) is 0 Å². The molecule has 0 nitrogen and oxygen atoms in total. The van der Waals surface area contributed by atoms with Gasteiger partial charge in [-0.1, -0.05) is 154 Å². The maximum atomic E-state index is 5.33. The zero-order valence-electron chi connectivity index (χ0n) is 38.2. The Labute approximate surface area is 335 Å². The van der Waals surface area contributed by atoms with Crippen molar-refractivity contribution >= 4 is 0 Å². The van der Waals surface area contributed by atoms with Crippen LogP contribution >= 0.6 is 0 Å². The third-order valence-electron chi connectivity index (χ3n) is 8.50. The van der Waals surface area contributed by atoms with Crippen molar-refractivity contribution in [3.8, 4) is 12.3 Å². The van der Waals surface area contributed by atoms with Gasteiger partial charge in [-0.15, -0.1) is 45.9 Å². The fourth-order valence-corrected chi connectivity index (χ4v) is 5.30. The Bertz CT molecular complexity index is 1160. The molecule has 0 saturated carbocycles. The first-order chi connectivity index (χ1) is 25.5. The second-order valence-corrected chi connectivity index (χ2v) is 12.7. The van der Waals surface area contributed by atoms with Crippen LogP contribution in [0.2, 0.25) is 0 Å². The Hall–Kier alpha value is -3.56. The summed E-state index contributed by atoms with van der Waals surface area (Å²) in [5, 5.41) is 0. The summed E-state index contributed by atoms with van der Waals surface area (Å²) in [5.41, 5.74) is 10.6. The smallest absolute Gasteiger partial charge is 0.00184 e. The summed E-state index contributed by atoms with van der Waals surface area (Å²) < 4.78 is 0. The van der Waals surface area contributed by atoms with Gasteiger partial charge in [0.15, 0.2) is 0 Å². The van der Waals surface area contributed by atoms with Crippen molar-refractivity contribution in [3.63, 3.8) is 0 Å². The predicted octanol–water partition coefficient (Wildman–Crippen LogP) is 18.4. The summed E-state index contributed by atoms with van der Waals surface area (Å²) in [7, 11) is 0. The first kappa shape index (κ1) is 61.5. The van der Waals surface area contributed by atoms with Gasteiger partial charge in [0.25, 0.3) is 0 Å². The van der Waals surface area contributed by atoms with Crippen LogP contribution in [0.3, 0.4) is 0 Å². The van der Waals surface area contributed by atoms with Crippen molar-refractivity contribution in [1.82, 2.24) is 0 Å². The number of hydrogen-bond donors (Lipinski definition) is 0. The monoisotopic (exact) mass is 727 g/mol. The van der Waals surface area contributed by atoms with Crippen molar-refractivity contribution < 1.29 is 0 Å². The normalized spacial score (nSPS) is 12.2. The van der Waals surface area contributed by atoms with E-state index in [1.165, 1.54) is 96.8 Å². The van der Waals surface area contributed by atoms with Crippen LogP contribution in [0, 0.1) is 25.2 Å². The zero-order valence-corrected chi connectivity index (χ0v) is 38.2. The summed E-state index contributed by atoms with van der Waals surface area (Å²) >= 11 is 0. The standard InChI is InChI=1S/C21H36.2C12H18.C2H6.3C2H4/c1-8-11-15-19(6)21(10-3)20(7)16-18(5)14-12-13-17(4)9-2;1-4-7-10(2)12-9-6-5-8-11(12)3;1-5-8-10-12(9-6-2)11(4)7-3;4*1-2/h10,14,16-17H,6,8-9,11-13,15H2,1-5,7H3;5-6,8-10H,4,7H2,1-3H3;3,6,9H,5,8,10H2,1-2,4H3;1-2H3;3*1-2H2/b18-14+,20-16-,21-10-;;9-6-,12-11-;;;;. The minimum atomic E-state index is 0.719. The molecule has 2 atom stereocenters. The Morgan fingerprint density at radius 2 is 1.34 bits per heavy atom. The molecule has 0 N–H and O–H groups in total. The van der Waals surface area contributed by atoms with E-state index in [9.17, 15) is 0 Å². The van der Waals surface area contributed by atoms with Crippen LogP contribution in [0.25, 0.3) is 0 Å². The maximum absolute atomic E-state index is 5.33. The van der Waals surface area contributed by atoms with Gasteiger partial charge in [-0.2, -0.15) is 0 Å². The molecule has 0 aliphatic heterocycles. The summed E-state index contributed by atoms with van der Waals surface area (Å²) in [6.45, 7) is 52.6. The van der Waals surface area contributed by atoms with E-state index in [0.717, 1.165) is 30.3 Å². The third kappa shape index (κ3) is 36.6. The van der Waals surface area contributed by atoms with Gasteiger partial charge < -0.3 is 0 Å². The number of terminal acetylenes is 1. The summed E-state index contributed by atoms with van der Waals surface area (Å²) in [6, 6.07) is 8.68. The molecule has 0 amide bonds. The summed E-state index contributed by atoms with van der Waals surface area (Å²) in [6.07, 6.45) is 29.8. The highest BCUT2D eigenvalue weighted by Gasteiger charge is 2.06. The molecule has 0 heteroatoms. The molecule has 0 aliphatic carbocycles. The zero-order chi connectivity index (χ0) is 42.6. The Morgan fingerprint density at radius 1 is 0.811 bits per heavy atom. The molecular weight excluding hydrogens is 637 g/mol. The highest BCUT2D eigenvalue weighted by atomic mass is 14.1. The maximum Gasteiger partial charge on any atom is 0.00184 e. The van der Waals surface area contributed by atoms with Crippen molar-refractivity contribution in [2.75, 3.05) is 0 Å². The lowest BCUT2D eigenvalue weighted by Gasteiger charge is -2.12. The van der Waals surface area contributed by atoms with Crippen molar-refractivity contribution in [3.05, 3.63) is 145 Å². The number of unbranched alkanes of at least 4 members (excludes halogenated alkanes) is 2. The van der Waals surface area contributed by atoms with Gasteiger partial charge in [0, 0.05) is 5.57 Å². The molecule has 302 valence electrons. The lowest BCUT2D eigenvalue weighted by Crippen LogP contribution is -1.95. The second kappa shape index (κ2) is 48.4. The molecule has 0 aromatic heterocycles. The molecule has 1 rings (SSSR count). The molecule has 0 fully saturated rings. The van der Waals surface area contributed by atoms with Crippen molar-refractivity contribution in [2.45, 2.75) is 173 Å². The van der Waals surface area contributed by atoms with Gasteiger partial charge in [0.05, 0.1) is 0 Å². The van der Waals surface area contributed by atoms with Crippen molar-refractivity contribution in [1.29, 1.82) is 0 Å². The number of aryl methyl sites for hydroxylation is 1. The van der Waals surface area contributed by atoms with E-state index in [0.29, 0.717) is 0 Å². The van der Waals surface area contributed by atoms with Gasteiger partial charge >= 0.3 is 0 Å². The molecule has 2 unspecified atom stereocenters. The largest absolute Gasteiger partial charge is 0.115 e. The average Bonchev–Trinajstić information content (AvgIpc) is 3.19. The van der Waals surface area contributed by atoms with Crippen LogP contribution in [0.15, 0.2) is 134 Å². The minimum Gasteiger partial charge on any atom is -0.115 e. The van der Waals surface area contributed by atoms with Gasteiger partial charge in [-0.25, -0.2) is 0 Å². The van der Waals surface area contributed by atoms with E-state index >= 15 is 0 Å². The Kier molecular flexibility index (Phi) is 56.2. The molecule has 1 aromatic rings. The number of benzene rings is 1. The van der Waals surface area contributed by atoms with Crippen molar-refractivity contribution in [2.24, 2.45) is 5.92 Å². The second-order valence-electron chi connectivity index (χ2n) is 12.7. The number of rotatable bonds is 17. The van der Waals surface area contributed by atoms with Gasteiger partial charge in [0.1, 0.15) is 0 Å². The van der Waals surface area contributed by atoms with E-state index < -0.39 is 0 Å². The Balaban J connectivity index is -0.000000149. The van der Waals surface area contributed by atoms with Crippen LogP contribution in [0.1, 0.15) is 178 Å². The lowest BCUT2D eigenvalue weighted by molar-refractivity contribution is 0.521. The lowest BCUT2D eigenvalue weighted by atomic mass is 9.93. The SMILES string of the molecule is C#C/C(C)=C(/C=C\C)CCCC.C=C.C=C.C=C.C=C(CCCC)C(=C/C)/C(C)=C\C(C)=C\CCC(C)CC.CC.CCCC(C)c1ccccc1C. The van der Waals surface area contributed by atoms with Gasteiger partial charge in [-0.3, -0.25) is 0 Å². The van der Waals surface area contributed by atoms with Crippen LogP contribution in [-0.4, -0.2) is 0 Å². The average molecular weight is 727 g/mol. The fraction of sp³-hybridized carbons (Fsp3) is 0.509. The molecule has 0 saturated heterocycles. The summed E-state index contributed by atoms with van der Waals surface area (Å²) in [5.74, 6) is 4.24. The quantitative estimate of drug-likeness (QED) is 0.0852. The fourth-order valence-electron chi connectivity index (χ4n) is 5.30. The highest BCUT2D eigenvalue weighted by molar-refractivity contribution is 5.46. The summed E-state index contributed by atoms with van der Waals surface area (Å²) in [4.78, 5) is 0. The minimum absolute atomic E-state index is 0.719. The molecule has 0 heterocycles. The van der Waals surface area contributed by atoms with E-state index in [1.54, 1.807) is 0 Å². The number of hydrogen-bond acceptors (Lipinski definition) is 0. The third-order valence-corrected chi connectivity index (χ3v) is 8.50. The molecule has 1 aromatic carbocycles. The molecule has 0 aliphatic rings. The molecule has 0 bridgehead atoms. The van der Waals surface area contributed by atoms with Gasteiger partial charge in [-0.05, 0) is 132 Å². The molecule has 0 spiro atoms. The number of allylic oxidation sites excluding steroid dienone is 11. The predicted molar refractivity (Wildman–Crippen MR) is 254 cm³/mol. The molecule has 53 heavy (non-hydrogen) atoms. The molecular formula is C53H90. The van der Waals surface area contributed by atoms with Crippen LogP contribution in [0.5, 0.6) is 0 Å². The van der Waals surface area contributed by atoms with Gasteiger partial charge in [0.2, 0.25) is 0 Å². The topological polar surface area (TPSA) is 0 Å². The first-order valence-electron chi connectivity index (χ1n) is 20.5. The van der Waals surface area contributed by atoms with Crippen LogP contribution in [-0.2, 0) is 0 Å². The molecule has 0 radical (unpaired) electrons. The van der Waals surface area contributed by atoms with E-state index in [4.69, 9.17) is 6.42 Å². The Morgan fingerprint density at radius 3 is 1.77 bits per heavy atom. The highest BCUT2D eigenvalue weighted by Crippen LogP contribution is 2.24. The van der Waals surface area contributed by atoms with E-state index in [1.807, 2.05) is 33.8 Å². The first-order valence-corrected chi connectivity index (χ1v) is 20.5. The van der Waals surface area contributed by atoms with E-state index in [2.05, 4.69) is 170 Å². The van der Waals surface area contributed by atoms with Crippen LogP contribution < -0.4 is 0 Å². The van der Waals surface area contributed by atoms with E-state index in [-0.39, 0.29) is 0 Å².